The first-order chi connectivity index (χ1) is 11.2. The molecule has 1 amide bonds. The maximum absolute atomic E-state index is 11.6. The van der Waals surface area contributed by atoms with Crippen molar-refractivity contribution in [2.75, 3.05) is 6.54 Å². The summed E-state index contributed by atoms with van der Waals surface area (Å²) in [6.07, 6.45) is 2.88. The molecule has 0 unspecified atom stereocenters. The van der Waals surface area contributed by atoms with Gasteiger partial charge in [0.25, 0.3) is 5.91 Å². The van der Waals surface area contributed by atoms with E-state index in [1.54, 1.807) is 24.3 Å². The predicted octanol–water partition coefficient (Wildman–Crippen LogP) is 2.00. The number of aromatic nitrogens is 1. The molecule has 0 saturated heterocycles. The Bertz CT molecular complexity index is 773. The number of hydrogen-bond acceptors (Lipinski definition) is 7. The van der Waals surface area contributed by atoms with Gasteiger partial charge in [0, 0.05) is 6.07 Å². The van der Waals surface area contributed by atoms with Gasteiger partial charge in [-0.25, -0.2) is 0 Å². The summed E-state index contributed by atoms with van der Waals surface area (Å²) in [5.74, 6) is -0.00806. The molecule has 118 valence electrons. The molecule has 0 saturated carbocycles. The molecule has 0 aliphatic carbocycles. The van der Waals surface area contributed by atoms with E-state index in [0.29, 0.717) is 17.2 Å². The summed E-state index contributed by atoms with van der Waals surface area (Å²) in [6, 6.07) is 8.12. The van der Waals surface area contributed by atoms with Crippen LogP contribution in [0, 0.1) is 0 Å². The third-order valence-corrected chi connectivity index (χ3v) is 2.84. The second-order valence-electron chi connectivity index (χ2n) is 4.48. The van der Waals surface area contributed by atoms with Crippen molar-refractivity contribution in [1.29, 1.82) is 0 Å². The highest BCUT2D eigenvalue weighted by Gasteiger charge is 2.13. The van der Waals surface area contributed by atoms with Crippen LogP contribution in [0.3, 0.4) is 0 Å². The minimum absolute atomic E-state index is 0.0698. The zero-order chi connectivity index (χ0) is 16.1. The Balaban J connectivity index is 1.45. The second kappa shape index (κ2) is 6.65. The zero-order valence-corrected chi connectivity index (χ0v) is 11.9. The minimum Gasteiger partial charge on any atom is -0.461 e. The molecule has 8 heteroatoms. The van der Waals surface area contributed by atoms with Crippen LogP contribution >= 0.6 is 0 Å². The van der Waals surface area contributed by atoms with Gasteiger partial charge in [-0.2, -0.15) is 0 Å². The van der Waals surface area contributed by atoms with Crippen molar-refractivity contribution in [2.24, 2.45) is 0 Å². The van der Waals surface area contributed by atoms with Crippen LogP contribution in [0.15, 0.2) is 56.2 Å². The highest BCUT2D eigenvalue weighted by atomic mass is 16.5. The number of nitrogens with zero attached hydrogens (tertiary/aromatic N) is 1. The minimum atomic E-state index is -0.604. The van der Waals surface area contributed by atoms with Gasteiger partial charge in [0.05, 0.1) is 12.5 Å². The number of hydrogen-bond donors (Lipinski definition) is 1. The van der Waals surface area contributed by atoms with Gasteiger partial charge >= 0.3 is 5.97 Å². The molecule has 1 N–H and O–H groups in total. The summed E-state index contributed by atoms with van der Waals surface area (Å²) in [4.78, 5) is 23.2. The van der Waals surface area contributed by atoms with Crippen LogP contribution in [0.1, 0.15) is 16.2 Å². The molecule has 3 aromatic heterocycles. The number of carbonyl (C=O) groups excluding carboxylic acids is 2. The molecule has 3 aromatic rings. The lowest BCUT2D eigenvalue weighted by molar-refractivity contribution is -0.143. The van der Waals surface area contributed by atoms with Gasteiger partial charge in [-0.05, 0) is 24.3 Å². The fourth-order valence-electron chi connectivity index (χ4n) is 1.77. The van der Waals surface area contributed by atoms with E-state index in [0.717, 1.165) is 0 Å². The topological polar surface area (TPSA) is 108 Å². The van der Waals surface area contributed by atoms with Gasteiger partial charge in [-0.3, -0.25) is 9.59 Å². The maximum Gasteiger partial charge on any atom is 0.325 e. The van der Waals surface area contributed by atoms with E-state index in [1.165, 1.54) is 18.6 Å². The Labute approximate surface area is 130 Å². The Morgan fingerprint density at radius 3 is 2.70 bits per heavy atom. The van der Waals surface area contributed by atoms with E-state index in [1.807, 2.05) is 0 Å². The molecule has 0 fully saturated rings. The number of nitrogens with one attached hydrogen (secondary N) is 1. The highest BCUT2D eigenvalue weighted by Crippen LogP contribution is 2.20. The molecule has 23 heavy (non-hydrogen) atoms. The Morgan fingerprint density at radius 1 is 1.13 bits per heavy atom. The Hall–Kier alpha value is -3.29. The summed E-state index contributed by atoms with van der Waals surface area (Å²) < 4.78 is 20.1. The van der Waals surface area contributed by atoms with Gasteiger partial charge in [-0.1, -0.05) is 5.16 Å². The number of rotatable bonds is 6. The van der Waals surface area contributed by atoms with Gasteiger partial charge in [0.1, 0.15) is 18.8 Å². The number of amides is 1. The fourth-order valence-corrected chi connectivity index (χ4v) is 1.77. The van der Waals surface area contributed by atoms with E-state index < -0.39 is 11.9 Å². The van der Waals surface area contributed by atoms with Gasteiger partial charge in [0.15, 0.2) is 11.5 Å². The predicted molar refractivity (Wildman–Crippen MR) is 75.0 cm³/mol. The van der Waals surface area contributed by atoms with Crippen LogP contribution in [0.5, 0.6) is 0 Å². The molecule has 0 aliphatic heterocycles. The Morgan fingerprint density at radius 2 is 1.96 bits per heavy atom. The summed E-state index contributed by atoms with van der Waals surface area (Å²) in [5.41, 5.74) is 0.433. The third kappa shape index (κ3) is 3.67. The molecule has 0 atom stereocenters. The highest BCUT2D eigenvalue weighted by molar-refractivity contribution is 5.93. The average molecular weight is 316 g/mol. The molecular formula is C15H12N2O6. The van der Waals surface area contributed by atoms with Crippen molar-refractivity contribution >= 4 is 11.9 Å². The standard InChI is InChI=1S/C15H12N2O6/c18-14(8-16-15(19)12-4-2-6-21-12)22-9-10-7-13(23-17-10)11-3-1-5-20-11/h1-7H,8-9H2,(H,16,19). The van der Waals surface area contributed by atoms with Crippen molar-refractivity contribution in [1.82, 2.24) is 10.5 Å². The Kier molecular flexibility index (Phi) is 4.23. The van der Waals surface area contributed by atoms with Crippen LogP contribution < -0.4 is 5.32 Å². The normalized spacial score (nSPS) is 10.4. The van der Waals surface area contributed by atoms with E-state index in [9.17, 15) is 9.59 Å². The van der Waals surface area contributed by atoms with Crippen LogP contribution in [-0.4, -0.2) is 23.6 Å². The van der Waals surface area contributed by atoms with Gasteiger partial charge < -0.3 is 23.4 Å². The molecule has 3 heterocycles. The van der Waals surface area contributed by atoms with E-state index >= 15 is 0 Å². The average Bonchev–Trinajstić information content (AvgIpc) is 3.32. The molecular weight excluding hydrogens is 304 g/mol. The molecule has 0 spiro atoms. The maximum atomic E-state index is 11.6. The quantitative estimate of drug-likeness (QED) is 0.693. The van der Waals surface area contributed by atoms with Gasteiger partial charge in [0.2, 0.25) is 5.76 Å². The van der Waals surface area contributed by atoms with E-state index in [-0.39, 0.29) is 18.9 Å². The fraction of sp³-hybridized carbons (Fsp3) is 0.133. The zero-order valence-electron chi connectivity index (χ0n) is 11.9. The number of carbonyl (C=O) groups is 2. The summed E-state index contributed by atoms with van der Waals surface area (Å²) in [5, 5.41) is 6.15. The van der Waals surface area contributed by atoms with Crippen LogP contribution in [0.2, 0.25) is 0 Å². The summed E-state index contributed by atoms with van der Waals surface area (Å²) >= 11 is 0. The van der Waals surface area contributed by atoms with Crippen molar-refractivity contribution in [3.8, 4) is 11.5 Å². The summed E-state index contributed by atoms with van der Waals surface area (Å²) in [6.45, 7) is -0.345. The first-order valence-electron chi connectivity index (χ1n) is 6.69. The smallest absolute Gasteiger partial charge is 0.325 e. The van der Waals surface area contributed by atoms with E-state index in [2.05, 4.69) is 10.5 Å². The van der Waals surface area contributed by atoms with Crippen LogP contribution in [0.25, 0.3) is 11.5 Å². The lowest BCUT2D eigenvalue weighted by atomic mass is 10.3. The number of esters is 1. The first kappa shape index (κ1) is 14.6. The number of ether oxygens (including phenoxy) is 1. The van der Waals surface area contributed by atoms with E-state index in [4.69, 9.17) is 18.1 Å². The molecule has 8 nitrogen and oxygen atoms in total. The molecule has 0 aromatic carbocycles. The summed E-state index contributed by atoms with van der Waals surface area (Å²) in [7, 11) is 0. The van der Waals surface area contributed by atoms with Crippen LogP contribution in [-0.2, 0) is 16.1 Å². The second-order valence-corrected chi connectivity index (χ2v) is 4.48. The van der Waals surface area contributed by atoms with Crippen molar-refractivity contribution in [3.63, 3.8) is 0 Å². The van der Waals surface area contributed by atoms with Crippen molar-refractivity contribution in [2.45, 2.75) is 6.61 Å². The van der Waals surface area contributed by atoms with Crippen LogP contribution in [0.4, 0.5) is 0 Å². The third-order valence-electron chi connectivity index (χ3n) is 2.84. The largest absolute Gasteiger partial charge is 0.461 e. The lowest BCUT2D eigenvalue weighted by Crippen LogP contribution is -2.30. The molecule has 0 radical (unpaired) electrons. The SMILES string of the molecule is O=C(CNC(=O)c1ccco1)OCc1cc(-c2ccco2)on1. The molecule has 3 rings (SSSR count). The molecule has 0 aliphatic rings. The van der Waals surface area contributed by atoms with Gasteiger partial charge in [-0.15, -0.1) is 0 Å². The van der Waals surface area contributed by atoms with Crippen molar-refractivity contribution in [3.05, 3.63) is 54.3 Å². The molecule has 0 bridgehead atoms. The lowest BCUT2D eigenvalue weighted by Gasteiger charge is -2.03. The first-order valence-corrected chi connectivity index (χ1v) is 6.69. The van der Waals surface area contributed by atoms with Crippen molar-refractivity contribution < 1.29 is 27.7 Å². The monoisotopic (exact) mass is 316 g/mol. The number of furan rings is 2.